The van der Waals surface area contributed by atoms with Crippen molar-refractivity contribution in [3.8, 4) is 5.69 Å². The van der Waals surface area contributed by atoms with Crippen molar-refractivity contribution in [1.29, 1.82) is 0 Å². The minimum atomic E-state index is 0.503. The second-order valence-corrected chi connectivity index (χ2v) is 7.79. The van der Waals surface area contributed by atoms with Crippen LogP contribution in [0.1, 0.15) is 55.5 Å². The second kappa shape index (κ2) is 7.61. The van der Waals surface area contributed by atoms with Gasteiger partial charge >= 0.3 is 0 Å². The maximum atomic E-state index is 4.92. The third kappa shape index (κ3) is 3.53. The fourth-order valence-corrected chi connectivity index (χ4v) is 4.26. The van der Waals surface area contributed by atoms with E-state index in [4.69, 9.17) is 10.1 Å². The van der Waals surface area contributed by atoms with E-state index in [9.17, 15) is 0 Å². The average Bonchev–Trinajstić information content (AvgIpc) is 3.26. The summed E-state index contributed by atoms with van der Waals surface area (Å²) in [6.45, 7) is 1.96. The highest BCUT2D eigenvalue weighted by Crippen LogP contribution is 2.34. The maximum absolute atomic E-state index is 4.92. The highest BCUT2D eigenvalue weighted by molar-refractivity contribution is 7.98. The minimum Gasteiger partial charge on any atom is -0.318 e. The number of hydrogen-bond donors (Lipinski definition) is 0. The average molecular weight is 369 g/mol. The minimum absolute atomic E-state index is 0.503. The number of rotatable bonds is 5. The molecule has 2 aromatic heterocycles. The Kier molecular flexibility index (Phi) is 5.06. The smallest absolute Gasteiger partial charge is 0.209 e. The summed E-state index contributed by atoms with van der Waals surface area (Å²) < 4.78 is 4.06. The van der Waals surface area contributed by atoms with Gasteiger partial charge in [-0.15, -0.1) is 15.3 Å². The molecule has 2 heterocycles. The Balaban J connectivity index is 1.61. The summed E-state index contributed by atoms with van der Waals surface area (Å²) in [5.74, 6) is 4.20. The van der Waals surface area contributed by atoms with Crippen molar-refractivity contribution in [3.63, 3.8) is 0 Å². The van der Waals surface area contributed by atoms with Gasteiger partial charge in [0, 0.05) is 13.0 Å². The van der Waals surface area contributed by atoms with Gasteiger partial charge in [-0.2, -0.15) is 0 Å². The Morgan fingerprint density at radius 2 is 1.85 bits per heavy atom. The van der Waals surface area contributed by atoms with Gasteiger partial charge in [0.05, 0.1) is 11.4 Å². The lowest BCUT2D eigenvalue weighted by atomic mass is 9.88. The van der Waals surface area contributed by atoms with Gasteiger partial charge in [-0.1, -0.05) is 49.2 Å². The Morgan fingerprint density at radius 1 is 1.08 bits per heavy atom. The number of aromatic nitrogens is 6. The SMILES string of the molecule is Cc1nnc(CSc2nc(C3CCCCC3)n(-c3ccccc3)n2)n1C. The second-order valence-electron chi connectivity index (χ2n) is 6.85. The fraction of sp³-hybridized carbons (Fsp3) is 0.474. The van der Waals surface area contributed by atoms with Crippen molar-refractivity contribution in [2.24, 2.45) is 7.05 Å². The molecule has 136 valence electrons. The number of hydrogen-bond acceptors (Lipinski definition) is 5. The number of thioether (sulfide) groups is 1. The first-order valence-electron chi connectivity index (χ1n) is 9.22. The molecule has 0 atom stereocenters. The predicted molar refractivity (Wildman–Crippen MR) is 102 cm³/mol. The van der Waals surface area contributed by atoms with Gasteiger partial charge in [-0.25, -0.2) is 9.67 Å². The number of aryl methyl sites for hydroxylation is 1. The zero-order valence-electron chi connectivity index (χ0n) is 15.3. The van der Waals surface area contributed by atoms with Gasteiger partial charge in [-0.05, 0) is 31.9 Å². The lowest BCUT2D eigenvalue weighted by molar-refractivity contribution is 0.422. The summed E-state index contributed by atoms with van der Waals surface area (Å²) in [5.41, 5.74) is 1.09. The molecule has 0 unspecified atom stereocenters. The van der Waals surface area contributed by atoms with Crippen LogP contribution in [0.2, 0.25) is 0 Å². The lowest BCUT2D eigenvalue weighted by Gasteiger charge is -2.21. The summed E-state index contributed by atoms with van der Waals surface area (Å²) in [6.07, 6.45) is 6.32. The van der Waals surface area contributed by atoms with E-state index in [1.165, 1.54) is 32.1 Å². The third-order valence-corrected chi connectivity index (χ3v) is 5.93. The summed E-state index contributed by atoms with van der Waals surface area (Å²) in [7, 11) is 1.99. The molecule has 0 radical (unpaired) electrons. The van der Waals surface area contributed by atoms with E-state index >= 15 is 0 Å². The van der Waals surface area contributed by atoms with Crippen LogP contribution >= 0.6 is 11.8 Å². The van der Waals surface area contributed by atoms with Crippen molar-refractivity contribution < 1.29 is 0 Å². The molecule has 1 aromatic carbocycles. The normalized spacial score (nSPS) is 15.5. The molecule has 7 heteroatoms. The highest BCUT2D eigenvalue weighted by Gasteiger charge is 2.23. The van der Waals surface area contributed by atoms with Crippen molar-refractivity contribution in [2.45, 2.75) is 55.9 Å². The van der Waals surface area contributed by atoms with Crippen molar-refractivity contribution >= 4 is 11.8 Å². The standard InChI is InChI=1S/C19H24N6S/c1-14-21-22-17(24(14)2)13-26-19-20-18(15-9-5-3-6-10-15)25(23-19)16-11-7-4-8-12-16/h4,7-8,11-12,15H,3,5-6,9-10,13H2,1-2H3. The molecule has 0 N–H and O–H groups in total. The molecule has 1 saturated carbocycles. The first-order valence-corrected chi connectivity index (χ1v) is 10.2. The molecule has 3 aromatic rings. The van der Waals surface area contributed by atoms with Gasteiger partial charge in [0.15, 0.2) is 0 Å². The molecule has 0 saturated heterocycles. The van der Waals surface area contributed by atoms with Crippen LogP contribution < -0.4 is 0 Å². The van der Waals surface area contributed by atoms with E-state index in [1.54, 1.807) is 11.8 Å². The lowest BCUT2D eigenvalue weighted by Crippen LogP contribution is -2.12. The van der Waals surface area contributed by atoms with E-state index in [-0.39, 0.29) is 0 Å². The molecular formula is C19H24N6S. The van der Waals surface area contributed by atoms with Crippen molar-refractivity contribution in [1.82, 2.24) is 29.5 Å². The zero-order valence-corrected chi connectivity index (χ0v) is 16.1. The van der Waals surface area contributed by atoms with Crippen LogP contribution in [0.25, 0.3) is 5.69 Å². The van der Waals surface area contributed by atoms with Crippen LogP contribution in [-0.4, -0.2) is 29.5 Å². The van der Waals surface area contributed by atoms with E-state index in [0.717, 1.165) is 34.1 Å². The van der Waals surface area contributed by atoms with Gasteiger partial charge < -0.3 is 4.57 Å². The summed E-state index contributed by atoms with van der Waals surface area (Å²) in [4.78, 5) is 4.92. The topological polar surface area (TPSA) is 61.4 Å². The predicted octanol–water partition coefficient (Wildman–Crippen LogP) is 4.04. The molecular weight excluding hydrogens is 344 g/mol. The first kappa shape index (κ1) is 17.3. The van der Waals surface area contributed by atoms with Gasteiger partial charge in [0.2, 0.25) is 5.16 Å². The van der Waals surface area contributed by atoms with Gasteiger partial charge in [-0.3, -0.25) is 0 Å². The molecule has 0 spiro atoms. The van der Waals surface area contributed by atoms with Crippen LogP contribution in [0.3, 0.4) is 0 Å². The molecule has 4 rings (SSSR count). The van der Waals surface area contributed by atoms with E-state index in [2.05, 4.69) is 34.5 Å². The van der Waals surface area contributed by atoms with Gasteiger partial charge in [0.1, 0.15) is 17.5 Å². The summed E-state index contributed by atoms with van der Waals surface area (Å²) in [5, 5.41) is 14.0. The molecule has 6 nitrogen and oxygen atoms in total. The molecule has 1 aliphatic carbocycles. The molecule has 0 bridgehead atoms. The summed E-state index contributed by atoms with van der Waals surface area (Å²) >= 11 is 1.63. The van der Waals surface area contributed by atoms with E-state index in [0.29, 0.717) is 5.92 Å². The molecule has 0 amide bonds. The maximum Gasteiger partial charge on any atom is 0.209 e. The van der Waals surface area contributed by atoms with Crippen LogP contribution in [0.5, 0.6) is 0 Å². The van der Waals surface area contributed by atoms with Crippen LogP contribution in [-0.2, 0) is 12.8 Å². The summed E-state index contributed by atoms with van der Waals surface area (Å²) in [6, 6.07) is 10.3. The Hall–Kier alpha value is -2.15. The molecule has 1 fully saturated rings. The van der Waals surface area contributed by atoms with Gasteiger partial charge in [0.25, 0.3) is 0 Å². The largest absolute Gasteiger partial charge is 0.318 e. The fourth-order valence-electron chi connectivity index (χ4n) is 3.46. The quantitative estimate of drug-likeness (QED) is 0.636. The first-order chi connectivity index (χ1) is 12.7. The van der Waals surface area contributed by atoms with Crippen LogP contribution in [0.15, 0.2) is 35.5 Å². The number of nitrogens with zero attached hydrogens (tertiary/aromatic N) is 6. The molecule has 26 heavy (non-hydrogen) atoms. The number of para-hydroxylation sites is 1. The van der Waals surface area contributed by atoms with Crippen molar-refractivity contribution in [3.05, 3.63) is 47.8 Å². The molecule has 1 aliphatic rings. The zero-order chi connectivity index (χ0) is 17.9. The van der Waals surface area contributed by atoms with E-state index < -0.39 is 0 Å². The third-order valence-electron chi connectivity index (χ3n) is 5.10. The van der Waals surface area contributed by atoms with Crippen molar-refractivity contribution in [2.75, 3.05) is 0 Å². The Labute approximate surface area is 158 Å². The highest BCUT2D eigenvalue weighted by atomic mass is 32.2. The Morgan fingerprint density at radius 3 is 2.54 bits per heavy atom. The monoisotopic (exact) mass is 368 g/mol. The Bertz CT molecular complexity index is 864. The van der Waals surface area contributed by atoms with Crippen LogP contribution in [0.4, 0.5) is 0 Å². The van der Waals surface area contributed by atoms with E-state index in [1.807, 2.05) is 29.3 Å². The number of benzene rings is 1. The van der Waals surface area contributed by atoms with Crippen LogP contribution in [0, 0.1) is 6.92 Å². The molecule has 0 aliphatic heterocycles.